The minimum Gasteiger partial charge on any atom is -0.385 e. The van der Waals surface area contributed by atoms with E-state index in [2.05, 4.69) is 6.92 Å². The van der Waals surface area contributed by atoms with Crippen molar-refractivity contribution in [3.8, 4) is 0 Å². The van der Waals surface area contributed by atoms with Crippen molar-refractivity contribution in [1.82, 2.24) is 0 Å². The van der Waals surface area contributed by atoms with Gasteiger partial charge in [-0.25, -0.2) is 0 Å². The van der Waals surface area contributed by atoms with E-state index in [1.165, 1.54) is 18.6 Å². The van der Waals surface area contributed by atoms with Gasteiger partial charge in [-0.05, 0) is 25.0 Å². The normalized spacial score (nSPS) is 13.2. The van der Waals surface area contributed by atoms with E-state index in [4.69, 9.17) is 16.3 Å². The Balaban J connectivity index is 2.97. The molecule has 0 rings (SSSR count). The number of thioether (sulfide) groups is 1. The molecule has 1 nitrogen and oxygen atoms in total. The van der Waals surface area contributed by atoms with Gasteiger partial charge in [0.25, 0.3) is 0 Å². The highest BCUT2D eigenvalue weighted by Crippen LogP contribution is 2.16. The average Bonchev–Trinajstić information content (AvgIpc) is 2.05. The zero-order valence-corrected chi connectivity index (χ0v) is 9.59. The molecular weight excluding hydrogens is 192 g/mol. The Hall–Kier alpha value is 0.600. The first-order valence-corrected chi connectivity index (χ1v) is 6.06. The minimum atomic E-state index is 0.713. The van der Waals surface area contributed by atoms with Gasteiger partial charge in [-0.1, -0.05) is 6.92 Å². The fourth-order valence-corrected chi connectivity index (χ4v) is 2.38. The van der Waals surface area contributed by atoms with Gasteiger partial charge in [0.2, 0.25) is 0 Å². The average molecular weight is 211 g/mol. The van der Waals surface area contributed by atoms with E-state index in [9.17, 15) is 0 Å². The molecule has 0 saturated heterocycles. The molecule has 0 radical (unpaired) electrons. The van der Waals surface area contributed by atoms with Gasteiger partial charge >= 0.3 is 0 Å². The molecule has 1 unspecified atom stereocenters. The summed E-state index contributed by atoms with van der Waals surface area (Å²) in [6.45, 7) is 3.13. The second kappa shape index (κ2) is 9.69. The number of halogens is 1. The Morgan fingerprint density at radius 3 is 2.75 bits per heavy atom. The number of rotatable bonds is 8. The summed E-state index contributed by atoms with van der Waals surface area (Å²) in [7, 11) is 1.75. The minimum absolute atomic E-state index is 0.713. The highest BCUT2D eigenvalue weighted by atomic mass is 35.5. The fraction of sp³-hybridized carbons (Fsp3) is 1.00. The van der Waals surface area contributed by atoms with Crippen LogP contribution in [0.2, 0.25) is 0 Å². The Bertz CT molecular complexity index is 90.6. The summed E-state index contributed by atoms with van der Waals surface area (Å²) in [6, 6.07) is 0. The Labute approximate surface area is 85.2 Å². The smallest absolute Gasteiger partial charge is 0.0462 e. The number of alkyl halides is 1. The summed E-state index contributed by atoms with van der Waals surface area (Å²) >= 11 is 7.64. The monoisotopic (exact) mass is 210 g/mol. The number of hydrogen-bond donors (Lipinski definition) is 0. The zero-order chi connectivity index (χ0) is 9.23. The highest BCUT2D eigenvalue weighted by molar-refractivity contribution is 7.99. The van der Waals surface area contributed by atoms with Crippen molar-refractivity contribution in [2.24, 2.45) is 0 Å². The summed E-state index contributed by atoms with van der Waals surface area (Å²) < 4.78 is 4.97. The van der Waals surface area contributed by atoms with Crippen LogP contribution >= 0.6 is 23.4 Å². The maximum absolute atomic E-state index is 5.63. The van der Waals surface area contributed by atoms with Crippen molar-refractivity contribution < 1.29 is 4.74 Å². The SMILES string of the molecule is COCCCCSC(C)CCCl. The summed E-state index contributed by atoms with van der Waals surface area (Å²) in [5, 5.41) is 0.713. The number of methoxy groups -OCH3 is 1. The van der Waals surface area contributed by atoms with Gasteiger partial charge in [-0.2, -0.15) is 11.8 Å². The van der Waals surface area contributed by atoms with Crippen LogP contribution < -0.4 is 0 Å². The molecular formula is C9H19ClOS. The third-order valence-electron chi connectivity index (χ3n) is 1.66. The van der Waals surface area contributed by atoms with E-state index in [1.54, 1.807) is 7.11 Å². The fourth-order valence-electron chi connectivity index (χ4n) is 0.870. The maximum Gasteiger partial charge on any atom is 0.0462 e. The van der Waals surface area contributed by atoms with Crippen molar-refractivity contribution in [2.45, 2.75) is 31.4 Å². The lowest BCUT2D eigenvalue weighted by Crippen LogP contribution is -1.99. The first kappa shape index (κ1) is 12.6. The molecule has 3 heteroatoms. The van der Waals surface area contributed by atoms with Crippen molar-refractivity contribution in [3.63, 3.8) is 0 Å². The Kier molecular flexibility index (Phi) is 10.2. The van der Waals surface area contributed by atoms with Crippen molar-refractivity contribution in [2.75, 3.05) is 25.3 Å². The lowest BCUT2D eigenvalue weighted by atomic mass is 10.4. The molecule has 0 aliphatic rings. The van der Waals surface area contributed by atoms with Crippen LogP contribution in [0.3, 0.4) is 0 Å². The molecule has 74 valence electrons. The molecule has 0 spiro atoms. The van der Waals surface area contributed by atoms with Crippen LogP contribution in [0.5, 0.6) is 0 Å². The molecule has 0 N–H and O–H groups in total. The van der Waals surface area contributed by atoms with E-state index in [0.29, 0.717) is 5.25 Å². The molecule has 0 fully saturated rings. The highest BCUT2D eigenvalue weighted by Gasteiger charge is 2.00. The predicted molar refractivity (Wildman–Crippen MR) is 58.4 cm³/mol. The first-order chi connectivity index (χ1) is 5.81. The van der Waals surface area contributed by atoms with Gasteiger partial charge in [-0.3, -0.25) is 0 Å². The molecule has 1 atom stereocenters. The van der Waals surface area contributed by atoms with E-state index in [0.717, 1.165) is 18.9 Å². The van der Waals surface area contributed by atoms with Crippen LogP contribution in [-0.2, 0) is 4.74 Å². The number of unbranched alkanes of at least 4 members (excludes halogenated alkanes) is 1. The Morgan fingerprint density at radius 1 is 1.42 bits per heavy atom. The van der Waals surface area contributed by atoms with Gasteiger partial charge in [0.1, 0.15) is 0 Å². The van der Waals surface area contributed by atoms with E-state index < -0.39 is 0 Å². The molecule has 0 amide bonds. The van der Waals surface area contributed by atoms with Crippen LogP contribution in [-0.4, -0.2) is 30.6 Å². The van der Waals surface area contributed by atoms with E-state index in [-0.39, 0.29) is 0 Å². The standard InChI is InChI=1S/C9H19ClOS/c1-9(5-6-10)12-8-4-3-7-11-2/h9H,3-8H2,1-2H3. The molecule has 0 heterocycles. The van der Waals surface area contributed by atoms with Crippen LogP contribution in [0.1, 0.15) is 26.2 Å². The van der Waals surface area contributed by atoms with Crippen LogP contribution in [0.25, 0.3) is 0 Å². The van der Waals surface area contributed by atoms with Crippen molar-refractivity contribution in [3.05, 3.63) is 0 Å². The molecule has 0 aromatic heterocycles. The third-order valence-corrected chi connectivity index (χ3v) is 3.21. The predicted octanol–water partition coefficient (Wildman–Crippen LogP) is 3.16. The summed E-state index contributed by atoms with van der Waals surface area (Å²) in [6.07, 6.45) is 3.55. The number of hydrogen-bond acceptors (Lipinski definition) is 2. The van der Waals surface area contributed by atoms with Gasteiger partial charge in [0.15, 0.2) is 0 Å². The first-order valence-electron chi connectivity index (χ1n) is 4.47. The van der Waals surface area contributed by atoms with Crippen LogP contribution in [0, 0.1) is 0 Å². The van der Waals surface area contributed by atoms with Crippen molar-refractivity contribution in [1.29, 1.82) is 0 Å². The van der Waals surface area contributed by atoms with Crippen LogP contribution in [0.4, 0.5) is 0 Å². The van der Waals surface area contributed by atoms with E-state index >= 15 is 0 Å². The maximum atomic E-state index is 5.63. The lowest BCUT2D eigenvalue weighted by molar-refractivity contribution is 0.194. The summed E-state index contributed by atoms with van der Waals surface area (Å²) in [4.78, 5) is 0. The van der Waals surface area contributed by atoms with Gasteiger partial charge < -0.3 is 4.74 Å². The van der Waals surface area contributed by atoms with Gasteiger partial charge in [0.05, 0.1) is 0 Å². The van der Waals surface area contributed by atoms with E-state index in [1.807, 2.05) is 11.8 Å². The number of ether oxygens (including phenoxy) is 1. The Morgan fingerprint density at radius 2 is 2.17 bits per heavy atom. The summed E-state index contributed by atoms with van der Waals surface area (Å²) in [5.41, 5.74) is 0. The summed E-state index contributed by atoms with van der Waals surface area (Å²) in [5.74, 6) is 2.02. The molecule has 0 aliphatic heterocycles. The lowest BCUT2D eigenvalue weighted by Gasteiger charge is -2.08. The molecule has 12 heavy (non-hydrogen) atoms. The van der Waals surface area contributed by atoms with Gasteiger partial charge in [-0.15, -0.1) is 11.6 Å². The second-order valence-corrected chi connectivity index (χ2v) is 4.78. The molecule has 0 aromatic carbocycles. The molecule has 0 saturated carbocycles. The van der Waals surface area contributed by atoms with Crippen LogP contribution in [0.15, 0.2) is 0 Å². The van der Waals surface area contributed by atoms with Gasteiger partial charge in [0, 0.05) is 24.8 Å². The van der Waals surface area contributed by atoms with Crippen molar-refractivity contribution >= 4 is 23.4 Å². The molecule has 0 bridgehead atoms. The molecule has 0 aromatic rings. The second-order valence-electron chi connectivity index (χ2n) is 2.86. The zero-order valence-electron chi connectivity index (χ0n) is 8.01. The third kappa shape index (κ3) is 8.69. The topological polar surface area (TPSA) is 9.23 Å². The molecule has 0 aliphatic carbocycles. The quantitative estimate of drug-likeness (QED) is 0.450. The largest absolute Gasteiger partial charge is 0.385 e.